The number of carbonyl (C=O) groups is 1. The van der Waals surface area contributed by atoms with Gasteiger partial charge < -0.3 is 19.4 Å². The summed E-state index contributed by atoms with van der Waals surface area (Å²) in [6, 6.07) is 12.7. The van der Waals surface area contributed by atoms with Gasteiger partial charge in [-0.2, -0.15) is 0 Å². The van der Waals surface area contributed by atoms with Gasteiger partial charge in [0.2, 0.25) is 0 Å². The fourth-order valence-electron chi connectivity index (χ4n) is 2.96. The van der Waals surface area contributed by atoms with Crippen molar-refractivity contribution in [3.8, 4) is 11.5 Å². The van der Waals surface area contributed by atoms with Gasteiger partial charge in [-0.3, -0.25) is 4.79 Å². The summed E-state index contributed by atoms with van der Waals surface area (Å²) in [7, 11) is 1.44. The van der Waals surface area contributed by atoms with Crippen LogP contribution in [0.5, 0.6) is 11.5 Å². The number of methoxy groups -OCH3 is 1. The highest BCUT2D eigenvalue weighted by Crippen LogP contribution is 2.31. The second kappa shape index (κ2) is 7.37. The van der Waals surface area contributed by atoms with Crippen molar-refractivity contribution < 1.29 is 24.2 Å². The molecule has 27 heavy (non-hydrogen) atoms. The zero-order valence-corrected chi connectivity index (χ0v) is 14.8. The number of benzene rings is 2. The molecular formula is C21H18O6. The molecule has 1 atom stereocenters. The standard InChI is InChI=1S/C21H18O6/c1-12(14-10-15-17(23)7-5-9-19(15)27-21(14)25)16(11-22)20(24)13-6-3-4-8-18(13)26-2/h3-12,22-23H,1-2H3/b16-11+. The van der Waals surface area contributed by atoms with Gasteiger partial charge in [0.1, 0.15) is 17.1 Å². The molecule has 0 bridgehead atoms. The van der Waals surface area contributed by atoms with Gasteiger partial charge in [-0.05, 0) is 30.3 Å². The van der Waals surface area contributed by atoms with Crippen molar-refractivity contribution in [1.82, 2.24) is 0 Å². The smallest absolute Gasteiger partial charge is 0.340 e. The van der Waals surface area contributed by atoms with E-state index in [1.54, 1.807) is 43.3 Å². The van der Waals surface area contributed by atoms with Crippen LogP contribution in [0.2, 0.25) is 0 Å². The number of ketones is 1. The molecule has 2 aromatic carbocycles. The molecule has 1 aromatic heterocycles. The summed E-state index contributed by atoms with van der Waals surface area (Å²) >= 11 is 0. The minimum Gasteiger partial charge on any atom is -0.515 e. The summed E-state index contributed by atoms with van der Waals surface area (Å²) in [5, 5.41) is 20.1. The second-order valence-electron chi connectivity index (χ2n) is 6.01. The number of para-hydroxylation sites is 1. The van der Waals surface area contributed by atoms with Crippen LogP contribution in [0.25, 0.3) is 11.0 Å². The predicted octanol–water partition coefficient (Wildman–Crippen LogP) is 3.94. The molecule has 6 nitrogen and oxygen atoms in total. The van der Waals surface area contributed by atoms with Gasteiger partial charge in [-0.25, -0.2) is 4.79 Å². The highest BCUT2D eigenvalue weighted by molar-refractivity contribution is 6.11. The van der Waals surface area contributed by atoms with E-state index in [1.807, 2.05) is 0 Å². The van der Waals surface area contributed by atoms with E-state index in [0.717, 1.165) is 0 Å². The third kappa shape index (κ3) is 3.29. The minimum absolute atomic E-state index is 0.00145. The molecule has 1 unspecified atom stereocenters. The number of aromatic hydroxyl groups is 1. The average molecular weight is 366 g/mol. The number of phenols is 1. The number of Topliss-reactive ketones (excluding diaryl/α,β-unsaturated/α-hetero) is 1. The number of aliphatic hydroxyl groups excluding tert-OH is 1. The molecule has 2 N–H and O–H groups in total. The van der Waals surface area contributed by atoms with Gasteiger partial charge in [0.15, 0.2) is 5.78 Å². The van der Waals surface area contributed by atoms with Crippen LogP contribution in [0, 0.1) is 0 Å². The summed E-state index contributed by atoms with van der Waals surface area (Å²) in [5.74, 6) is -0.931. The Bertz CT molecular complexity index is 1090. The Hall–Kier alpha value is -3.54. The fourth-order valence-corrected chi connectivity index (χ4v) is 2.96. The molecule has 0 aliphatic carbocycles. The van der Waals surface area contributed by atoms with E-state index >= 15 is 0 Å². The lowest BCUT2D eigenvalue weighted by Gasteiger charge is -2.15. The number of aliphatic hydroxyl groups is 1. The summed E-state index contributed by atoms with van der Waals surface area (Å²) in [6.07, 6.45) is 0.688. The minimum atomic E-state index is -0.771. The molecule has 0 radical (unpaired) electrons. The topological polar surface area (TPSA) is 97.0 Å². The van der Waals surface area contributed by atoms with Crippen LogP contribution in [-0.2, 0) is 0 Å². The molecule has 0 saturated heterocycles. The molecule has 3 rings (SSSR count). The number of rotatable bonds is 5. The molecular weight excluding hydrogens is 348 g/mol. The van der Waals surface area contributed by atoms with E-state index in [-0.39, 0.29) is 28.0 Å². The van der Waals surface area contributed by atoms with Crippen LogP contribution >= 0.6 is 0 Å². The number of allylic oxidation sites excluding steroid dienone is 1. The molecule has 0 saturated carbocycles. The SMILES string of the molecule is COc1ccccc1C(=O)/C(=C/O)C(C)c1cc2c(O)cccc2oc1=O. The van der Waals surface area contributed by atoms with Crippen LogP contribution < -0.4 is 10.4 Å². The molecule has 3 aromatic rings. The molecule has 6 heteroatoms. The van der Waals surface area contributed by atoms with E-state index in [0.29, 0.717) is 17.4 Å². The number of carbonyl (C=O) groups excluding carboxylic acids is 1. The van der Waals surface area contributed by atoms with Crippen molar-refractivity contribution in [3.05, 3.63) is 81.9 Å². The van der Waals surface area contributed by atoms with Gasteiger partial charge >= 0.3 is 5.63 Å². The van der Waals surface area contributed by atoms with Crippen molar-refractivity contribution in [2.75, 3.05) is 7.11 Å². The van der Waals surface area contributed by atoms with Crippen molar-refractivity contribution in [2.45, 2.75) is 12.8 Å². The summed E-state index contributed by atoms with van der Waals surface area (Å²) < 4.78 is 10.5. The first-order valence-corrected chi connectivity index (χ1v) is 8.25. The van der Waals surface area contributed by atoms with E-state index in [9.17, 15) is 19.8 Å². The first-order valence-electron chi connectivity index (χ1n) is 8.25. The van der Waals surface area contributed by atoms with Gasteiger partial charge in [0, 0.05) is 17.1 Å². The van der Waals surface area contributed by atoms with Gasteiger partial charge in [-0.1, -0.05) is 25.1 Å². The molecule has 0 aliphatic heterocycles. The highest BCUT2D eigenvalue weighted by atomic mass is 16.5. The van der Waals surface area contributed by atoms with E-state index in [2.05, 4.69) is 0 Å². The first kappa shape index (κ1) is 18.3. The molecule has 0 amide bonds. The maximum atomic E-state index is 12.9. The normalized spacial score (nSPS) is 12.7. The molecule has 138 valence electrons. The highest BCUT2D eigenvalue weighted by Gasteiger charge is 2.25. The fraction of sp³-hybridized carbons (Fsp3) is 0.143. The van der Waals surface area contributed by atoms with Crippen LogP contribution in [-0.4, -0.2) is 23.1 Å². The van der Waals surface area contributed by atoms with Gasteiger partial charge in [0.05, 0.1) is 24.3 Å². The quantitative estimate of drug-likeness (QED) is 0.307. The molecule has 0 aliphatic rings. The van der Waals surface area contributed by atoms with E-state index in [1.165, 1.54) is 19.2 Å². The Morgan fingerprint density at radius 3 is 2.63 bits per heavy atom. The number of ether oxygens (including phenoxy) is 1. The number of phenolic OH excluding ortho intramolecular Hbond substituents is 1. The van der Waals surface area contributed by atoms with E-state index in [4.69, 9.17) is 9.15 Å². The number of hydrogen-bond donors (Lipinski definition) is 2. The van der Waals surface area contributed by atoms with Crippen molar-refractivity contribution >= 4 is 16.8 Å². The average Bonchev–Trinajstić information content (AvgIpc) is 2.68. The summed E-state index contributed by atoms with van der Waals surface area (Å²) in [4.78, 5) is 25.3. The van der Waals surface area contributed by atoms with Crippen LogP contribution in [0.3, 0.4) is 0 Å². The Balaban J connectivity index is 2.08. The molecule has 0 fully saturated rings. The third-order valence-corrected chi connectivity index (χ3v) is 4.47. The Morgan fingerprint density at radius 1 is 1.19 bits per heavy atom. The summed E-state index contributed by atoms with van der Waals surface area (Å²) in [5.41, 5.74) is 0.00334. The lowest BCUT2D eigenvalue weighted by atomic mass is 9.88. The zero-order valence-electron chi connectivity index (χ0n) is 14.8. The molecule has 1 heterocycles. The molecule has 0 spiro atoms. The number of hydrogen-bond acceptors (Lipinski definition) is 6. The monoisotopic (exact) mass is 366 g/mol. The van der Waals surface area contributed by atoms with Crippen LogP contribution in [0.15, 0.2) is 69.6 Å². The van der Waals surface area contributed by atoms with Crippen molar-refractivity contribution in [1.29, 1.82) is 0 Å². The maximum Gasteiger partial charge on any atom is 0.340 e. The third-order valence-electron chi connectivity index (χ3n) is 4.47. The van der Waals surface area contributed by atoms with Gasteiger partial charge in [0.25, 0.3) is 0 Å². The lowest BCUT2D eigenvalue weighted by Crippen LogP contribution is -2.17. The van der Waals surface area contributed by atoms with Crippen molar-refractivity contribution in [3.63, 3.8) is 0 Å². The Kier molecular flexibility index (Phi) is 4.98. The van der Waals surface area contributed by atoms with Gasteiger partial charge in [-0.15, -0.1) is 0 Å². The van der Waals surface area contributed by atoms with Crippen LogP contribution in [0.4, 0.5) is 0 Å². The largest absolute Gasteiger partial charge is 0.515 e. The first-order chi connectivity index (χ1) is 13.0. The number of fused-ring (bicyclic) bond motifs is 1. The lowest BCUT2D eigenvalue weighted by molar-refractivity contribution is 0.102. The summed E-state index contributed by atoms with van der Waals surface area (Å²) in [6.45, 7) is 1.60. The Labute approximate surface area is 155 Å². The van der Waals surface area contributed by atoms with E-state index < -0.39 is 17.3 Å². The van der Waals surface area contributed by atoms with Crippen LogP contribution in [0.1, 0.15) is 28.8 Å². The van der Waals surface area contributed by atoms with Crippen molar-refractivity contribution in [2.24, 2.45) is 0 Å². The maximum absolute atomic E-state index is 12.9. The zero-order chi connectivity index (χ0) is 19.6. The second-order valence-corrected chi connectivity index (χ2v) is 6.01. The predicted molar refractivity (Wildman–Crippen MR) is 101 cm³/mol. The Morgan fingerprint density at radius 2 is 1.93 bits per heavy atom.